The Morgan fingerprint density at radius 3 is 2.70 bits per heavy atom. The molecule has 2 nitrogen and oxygen atoms in total. The Balaban J connectivity index is 2.08. The quantitative estimate of drug-likeness (QED) is 0.557. The van der Waals surface area contributed by atoms with E-state index in [1.807, 2.05) is 0 Å². The van der Waals surface area contributed by atoms with E-state index in [4.69, 9.17) is 4.74 Å². The Kier molecular flexibility index (Phi) is 2.44. The van der Waals surface area contributed by atoms with Crippen molar-refractivity contribution in [1.29, 1.82) is 0 Å². The summed E-state index contributed by atoms with van der Waals surface area (Å²) < 4.78 is 5.13. The Morgan fingerprint density at radius 1 is 1.60 bits per heavy atom. The lowest BCUT2D eigenvalue weighted by Gasteiger charge is -1.88. The molecule has 1 heterocycles. The number of epoxide rings is 1. The Bertz CT molecular complexity index is 131. The van der Waals surface area contributed by atoms with Gasteiger partial charge in [-0.05, 0) is 13.3 Å². The first-order valence-electron chi connectivity index (χ1n) is 3.91. The third-order valence-corrected chi connectivity index (χ3v) is 1.83. The molecule has 2 heteroatoms. The fourth-order valence-electron chi connectivity index (χ4n) is 1.13. The van der Waals surface area contributed by atoms with Crippen LogP contribution in [0, 0.1) is 0 Å². The fourth-order valence-corrected chi connectivity index (χ4v) is 1.13. The van der Waals surface area contributed by atoms with Crippen molar-refractivity contribution < 1.29 is 9.53 Å². The number of hydrogen-bond donors (Lipinski definition) is 0. The number of rotatable bonds is 4. The van der Waals surface area contributed by atoms with Crippen molar-refractivity contribution >= 4 is 5.78 Å². The van der Waals surface area contributed by atoms with Crippen molar-refractivity contribution in [2.75, 3.05) is 0 Å². The van der Waals surface area contributed by atoms with Gasteiger partial charge in [-0.2, -0.15) is 0 Å². The molecule has 0 aromatic heterocycles. The van der Waals surface area contributed by atoms with Crippen LogP contribution >= 0.6 is 0 Å². The van der Waals surface area contributed by atoms with Crippen molar-refractivity contribution in [3.8, 4) is 0 Å². The van der Waals surface area contributed by atoms with Gasteiger partial charge in [-0.15, -0.1) is 0 Å². The molecule has 10 heavy (non-hydrogen) atoms. The number of unbranched alkanes of at least 4 members (excludes halogenated alkanes) is 1. The average molecular weight is 142 g/mol. The monoisotopic (exact) mass is 142 g/mol. The Morgan fingerprint density at radius 2 is 2.30 bits per heavy atom. The minimum Gasteiger partial charge on any atom is -0.361 e. The topological polar surface area (TPSA) is 29.6 Å². The van der Waals surface area contributed by atoms with Crippen molar-refractivity contribution in [1.82, 2.24) is 0 Å². The van der Waals surface area contributed by atoms with Gasteiger partial charge < -0.3 is 4.74 Å². The molecule has 58 valence electrons. The predicted molar refractivity (Wildman–Crippen MR) is 38.9 cm³/mol. The van der Waals surface area contributed by atoms with E-state index in [-0.39, 0.29) is 18.0 Å². The third-order valence-electron chi connectivity index (χ3n) is 1.83. The molecule has 0 spiro atoms. The zero-order chi connectivity index (χ0) is 7.56. The second kappa shape index (κ2) is 3.15. The van der Waals surface area contributed by atoms with E-state index >= 15 is 0 Å². The number of hydrogen-bond acceptors (Lipinski definition) is 2. The number of ether oxygens (including phenoxy) is 1. The van der Waals surface area contributed by atoms with Crippen LogP contribution in [0.25, 0.3) is 0 Å². The standard InChI is InChI=1S/C8H14O2/c1-3-4-5-7-8(10-7)6(2)9/h7-8H,3-5H2,1-2H3/t7-,8-/m1/s1. The number of Topliss-reactive ketones (excluding diaryl/α,β-unsaturated/α-hetero) is 1. The summed E-state index contributed by atoms with van der Waals surface area (Å²) >= 11 is 0. The van der Waals surface area contributed by atoms with Crippen LogP contribution in [-0.4, -0.2) is 18.0 Å². The first-order valence-corrected chi connectivity index (χ1v) is 3.91. The van der Waals surface area contributed by atoms with Crippen LogP contribution in [0.4, 0.5) is 0 Å². The van der Waals surface area contributed by atoms with Crippen LogP contribution in [-0.2, 0) is 9.53 Å². The lowest BCUT2D eigenvalue weighted by atomic mass is 10.1. The summed E-state index contributed by atoms with van der Waals surface area (Å²) in [4.78, 5) is 10.7. The summed E-state index contributed by atoms with van der Waals surface area (Å²) in [5.41, 5.74) is 0. The molecule has 1 saturated heterocycles. The van der Waals surface area contributed by atoms with Gasteiger partial charge in [-0.1, -0.05) is 19.8 Å². The van der Waals surface area contributed by atoms with Gasteiger partial charge in [0.05, 0.1) is 6.10 Å². The molecular weight excluding hydrogens is 128 g/mol. The minimum absolute atomic E-state index is 0.0495. The molecule has 0 unspecified atom stereocenters. The summed E-state index contributed by atoms with van der Waals surface area (Å²) in [7, 11) is 0. The van der Waals surface area contributed by atoms with Crippen molar-refractivity contribution in [2.45, 2.75) is 45.3 Å². The maximum absolute atomic E-state index is 10.7. The molecule has 0 saturated carbocycles. The van der Waals surface area contributed by atoms with Crippen LogP contribution in [0.2, 0.25) is 0 Å². The molecule has 1 aliphatic heterocycles. The van der Waals surface area contributed by atoms with Gasteiger partial charge in [0.2, 0.25) is 0 Å². The van der Waals surface area contributed by atoms with Gasteiger partial charge in [0, 0.05) is 0 Å². The lowest BCUT2D eigenvalue weighted by molar-refractivity contribution is -0.118. The predicted octanol–water partition coefficient (Wildman–Crippen LogP) is 1.53. The summed E-state index contributed by atoms with van der Waals surface area (Å²) in [5.74, 6) is 0.182. The van der Waals surface area contributed by atoms with E-state index in [0.717, 1.165) is 6.42 Å². The normalized spacial score (nSPS) is 30.2. The maximum Gasteiger partial charge on any atom is 0.161 e. The van der Waals surface area contributed by atoms with Crippen LogP contribution in [0.15, 0.2) is 0 Å². The summed E-state index contributed by atoms with van der Waals surface area (Å²) in [6.07, 6.45) is 3.63. The molecular formula is C8H14O2. The van der Waals surface area contributed by atoms with E-state index in [0.29, 0.717) is 0 Å². The first kappa shape index (κ1) is 7.73. The van der Waals surface area contributed by atoms with Crippen LogP contribution in [0.1, 0.15) is 33.1 Å². The largest absolute Gasteiger partial charge is 0.361 e. The first-order chi connectivity index (χ1) is 4.75. The highest BCUT2D eigenvalue weighted by Gasteiger charge is 2.41. The zero-order valence-electron chi connectivity index (χ0n) is 6.59. The van der Waals surface area contributed by atoms with E-state index in [2.05, 4.69) is 6.92 Å². The number of carbonyl (C=O) groups is 1. The fraction of sp³-hybridized carbons (Fsp3) is 0.875. The van der Waals surface area contributed by atoms with E-state index < -0.39 is 0 Å². The highest BCUT2D eigenvalue weighted by atomic mass is 16.6. The summed E-state index contributed by atoms with van der Waals surface area (Å²) in [5, 5.41) is 0. The molecule has 0 bridgehead atoms. The van der Waals surface area contributed by atoms with Crippen LogP contribution in [0.5, 0.6) is 0 Å². The molecule has 0 aromatic rings. The molecule has 0 aromatic carbocycles. The Hall–Kier alpha value is -0.370. The van der Waals surface area contributed by atoms with Gasteiger partial charge in [-0.3, -0.25) is 4.79 Å². The van der Waals surface area contributed by atoms with E-state index in [1.165, 1.54) is 12.8 Å². The second-order valence-electron chi connectivity index (χ2n) is 2.85. The lowest BCUT2D eigenvalue weighted by Crippen LogP contribution is -2.04. The van der Waals surface area contributed by atoms with Crippen LogP contribution < -0.4 is 0 Å². The molecule has 2 atom stereocenters. The van der Waals surface area contributed by atoms with E-state index in [9.17, 15) is 4.79 Å². The third kappa shape index (κ3) is 1.81. The number of ketones is 1. The zero-order valence-corrected chi connectivity index (χ0v) is 6.59. The van der Waals surface area contributed by atoms with E-state index in [1.54, 1.807) is 6.92 Å². The molecule has 1 rings (SSSR count). The highest BCUT2D eigenvalue weighted by Crippen LogP contribution is 2.27. The Labute approximate surface area is 61.6 Å². The summed E-state index contributed by atoms with van der Waals surface area (Å²) in [6, 6.07) is 0. The SMILES string of the molecule is CCCC[C@H]1O[C@@H]1C(C)=O. The van der Waals surface area contributed by atoms with Gasteiger partial charge >= 0.3 is 0 Å². The molecule has 1 aliphatic rings. The van der Waals surface area contributed by atoms with Gasteiger partial charge in [-0.25, -0.2) is 0 Å². The van der Waals surface area contributed by atoms with Gasteiger partial charge in [0.1, 0.15) is 6.10 Å². The molecule has 1 fully saturated rings. The number of carbonyl (C=O) groups excluding carboxylic acids is 1. The van der Waals surface area contributed by atoms with Crippen LogP contribution in [0.3, 0.4) is 0 Å². The van der Waals surface area contributed by atoms with Gasteiger partial charge in [0.25, 0.3) is 0 Å². The average Bonchev–Trinajstić information content (AvgIpc) is 2.62. The maximum atomic E-state index is 10.7. The molecule has 0 aliphatic carbocycles. The summed E-state index contributed by atoms with van der Waals surface area (Å²) in [6.45, 7) is 3.74. The minimum atomic E-state index is -0.0495. The van der Waals surface area contributed by atoms with Crippen molar-refractivity contribution in [3.63, 3.8) is 0 Å². The smallest absolute Gasteiger partial charge is 0.161 e. The molecule has 0 N–H and O–H groups in total. The second-order valence-corrected chi connectivity index (χ2v) is 2.85. The molecule has 0 amide bonds. The highest BCUT2D eigenvalue weighted by molar-refractivity contribution is 5.83. The van der Waals surface area contributed by atoms with Crippen molar-refractivity contribution in [3.05, 3.63) is 0 Å². The van der Waals surface area contributed by atoms with Crippen molar-refractivity contribution in [2.24, 2.45) is 0 Å². The molecule has 0 radical (unpaired) electrons. The van der Waals surface area contributed by atoms with Gasteiger partial charge in [0.15, 0.2) is 5.78 Å².